The zero-order chi connectivity index (χ0) is 8.69. The Kier molecular flexibility index (Phi) is 5.07. The fraction of sp³-hybridized carbons (Fsp3) is 0.500. The number of hydrogen-bond acceptors (Lipinski definition) is 3. The molecule has 0 aliphatic carbocycles. The van der Waals surface area contributed by atoms with Crippen LogP contribution in [0.3, 0.4) is 0 Å². The van der Waals surface area contributed by atoms with Gasteiger partial charge >= 0.3 is 5.97 Å². The van der Waals surface area contributed by atoms with Gasteiger partial charge in [0.1, 0.15) is 5.78 Å². The summed E-state index contributed by atoms with van der Waals surface area (Å²) < 4.78 is 4.38. The lowest BCUT2D eigenvalue weighted by molar-refractivity contribution is -0.139. The Balaban J connectivity index is 3.44. The first kappa shape index (κ1) is 9.88. The first-order valence-corrected chi connectivity index (χ1v) is 3.38. The third-order valence-electron chi connectivity index (χ3n) is 1.08. The number of esters is 1. The van der Waals surface area contributed by atoms with E-state index >= 15 is 0 Å². The molecular formula is C8H12O3. The maximum atomic E-state index is 10.5. The number of allylic oxidation sites excluding steroid dienone is 1. The van der Waals surface area contributed by atoms with Crippen molar-refractivity contribution in [2.75, 3.05) is 7.11 Å². The molecule has 0 heterocycles. The van der Waals surface area contributed by atoms with Crippen LogP contribution in [0, 0.1) is 0 Å². The van der Waals surface area contributed by atoms with Gasteiger partial charge in [0.15, 0.2) is 0 Å². The Hall–Kier alpha value is -1.12. The summed E-state index contributed by atoms with van der Waals surface area (Å²) in [6.45, 7) is 1.50. The lowest BCUT2D eigenvalue weighted by Crippen LogP contribution is -1.96. The minimum Gasteiger partial charge on any atom is -0.469 e. The van der Waals surface area contributed by atoms with Crippen LogP contribution in [0.1, 0.15) is 19.8 Å². The highest BCUT2D eigenvalue weighted by Gasteiger charge is 1.93. The van der Waals surface area contributed by atoms with Gasteiger partial charge in [0.05, 0.1) is 13.5 Å². The predicted molar refractivity (Wildman–Crippen MR) is 41.1 cm³/mol. The molecule has 0 saturated carbocycles. The van der Waals surface area contributed by atoms with Crippen molar-refractivity contribution in [1.82, 2.24) is 0 Å². The van der Waals surface area contributed by atoms with Crippen molar-refractivity contribution in [1.29, 1.82) is 0 Å². The maximum Gasteiger partial charge on any atom is 0.309 e. The number of ketones is 1. The van der Waals surface area contributed by atoms with E-state index in [-0.39, 0.29) is 18.2 Å². The molecule has 0 bridgehead atoms. The molecule has 3 nitrogen and oxygen atoms in total. The number of carbonyl (C=O) groups excluding carboxylic acids is 2. The minimum absolute atomic E-state index is 0.0890. The molecule has 0 aliphatic rings. The van der Waals surface area contributed by atoms with Gasteiger partial charge in [-0.15, -0.1) is 0 Å². The van der Waals surface area contributed by atoms with E-state index in [9.17, 15) is 9.59 Å². The van der Waals surface area contributed by atoms with E-state index in [4.69, 9.17) is 0 Å². The Morgan fingerprint density at radius 2 is 1.82 bits per heavy atom. The highest BCUT2D eigenvalue weighted by molar-refractivity contribution is 5.77. The van der Waals surface area contributed by atoms with E-state index in [1.54, 1.807) is 12.2 Å². The second kappa shape index (κ2) is 5.65. The average molecular weight is 156 g/mol. The van der Waals surface area contributed by atoms with Gasteiger partial charge in [-0.1, -0.05) is 12.2 Å². The molecule has 0 spiro atoms. The van der Waals surface area contributed by atoms with Crippen LogP contribution in [0.2, 0.25) is 0 Å². The molecule has 0 saturated heterocycles. The Morgan fingerprint density at radius 1 is 1.27 bits per heavy atom. The summed E-state index contributed by atoms with van der Waals surface area (Å²) in [5, 5.41) is 0. The fourth-order valence-electron chi connectivity index (χ4n) is 0.512. The molecule has 0 aliphatic heterocycles. The Labute approximate surface area is 66.0 Å². The SMILES string of the molecule is COC(=O)CC=CCC(C)=O. The van der Waals surface area contributed by atoms with Crippen molar-refractivity contribution in [3.05, 3.63) is 12.2 Å². The van der Waals surface area contributed by atoms with E-state index in [1.165, 1.54) is 14.0 Å². The summed E-state index contributed by atoms with van der Waals surface area (Å²) in [7, 11) is 1.33. The first-order valence-electron chi connectivity index (χ1n) is 3.38. The summed E-state index contributed by atoms with van der Waals surface area (Å²) in [6.07, 6.45) is 3.92. The third-order valence-corrected chi connectivity index (χ3v) is 1.08. The number of methoxy groups -OCH3 is 1. The molecule has 0 aromatic carbocycles. The van der Waals surface area contributed by atoms with E-state index in [2.05, 4.69) is 4.74 Å². The van der Waals surface area contributed by atoms with Crippen LogP contribution < -0.4 is 0 Å². The van der Waals surface area contributed by atoms with Gasteiger partial charge in [-0.2, -0.15) is 0 Å². The van der Waals surface area contributed by atoms with Crippen LogP contribution in [0.25, 0.3) is 0 Å². The van der Waals surface area contributed by atoms with E-state index in [1.807, 2.05) is 0 Å². The van der Waals surface area contributed by atoms with Crippen molar-refractivity contribution in [2.24, 2.45) is 0 Å². The summed E-state index contributed by atoms with van der Waals surface area (Å²) in [5.41, 5.74) is 0. The Bertz CT molecular complexity index is 170. The van der Waals surface area contributed by atoms with Crippen LogP contribution >= 0.6 is 0 Å². The lowest BCUT2D eigenvalue weighted by Gasteiger charge is -1.90. The smallest absolute Gasteiger partial charge is 0.309 e. The van der Waals surface area contributed by atoms with Crippen LogP contribution in [0.4, 0.5) is 0 Å². The van der Waals surface area contributed by atoms with Gasteiger partial charge in [-0.05, 0) is 6.92 Å². The molecule has 0 radical (unpaired) electrons. The van der Waals surface area contributed by atoms with Gasteiger partial charge in [0.25, 0.3) is 0 Å². The number of hydrogen-bond donors (Lipinski definition) is 0. The zero-order valence-electron chi connectivity index (χ0n) is 6.79. The molecule has 0 aromatic heterocycles. The molecule has 0 atom stereocenters. The number of carbonyl (C=O) groups is 2. The van der Waals surface area contributed by atoms with Crippen molar-refractivity contribution >= 4 is 11.8 Å². The topological polar surface area (TPSA) is 43.4 Å². The van der Waals surface area contributed by atoms with Gasteiger partial charge in [-0.25, -0.2) is 0 Å². The normalized spacial score (nSPS) is 10.0. The molecule has 0 unspecified atom stereocenters. The molecule has 3 heteroatoms. The second-order valence-electron chi connectivity index (χ2n) is 2.16. The summed E-state index contributed by atoms with van der Waals surface area (Å²) >= 11 is 0. The standard InChI is InChI=1S/C8H12O3/c1-7(9)5-3-4-6-8(10)11-2/h3-4H,5-6H2,1-2H3. The van der Waals surface area contributed by atoms with Crippen molar-refractivity contribution < 1.29 is 14.3 Å². The molecule has 0 fully saturated rings. The minimum atomic E-state index is -0.287. The second-order valence-corrected chi connectivity index (χ2v) is 2.16. The number of Topliss-reactive ketones (excluding diaryl/α,β-unsaturated/α-hetero) is 1. The molecule has 0 amide bonds. The summed E-state index contributed by atoms with van der Waals surface area (Å²) in [4.78, 5) is 20.9. The molecule has 11 heavy (non-hydrogen) atoms. The predicted octanol–water partition coefficient (Wildman–Crippen LogP) is 1.08. The molecule has 0 aromatic rings. The fourth-order valence-corrected chi connectivity index (χ4v) is 0.512. The van der Waals surface area contributed by atoms with Crippen LogP contribution in [0.15, 0.2) is 12.2 Å². The maximum absolute atomic E-state index is 10.5. The number of rotatable bonds is 4. The van der Waals surface area contributed by atoms with Crippen molar-refractivity contribution in [3.63, 3.8) is 0 Å². The molecular weight excluding hydrogens is 144 g/mol. The van der Waals surface area contributed by atoms with E-state index in [0.717, 1.165) is 0 Å². The lowest BCUT2D eigenvalue weighted by atomic mass is 10.3. The average Bonchev–Trinajstić information content (AvgIpc) is 1.97. The van der Waals surface area contributed by atoms with E-state index < -0.39 is 0 Å². The number of ether oxygens (including phenoxy) is 1. The zero-order valence-corrected chi connectivity index (χ0v) is 6.79. The highest BCUT2D eigenvalue weighted by atomic mass is 16.5. The molecule has 62 valence electrons. The highest BCUT2D eigenvalue weighted by Crippen LogP contribution is 1.90. The van der Waals surface area contributed by atoms with Gasteiger partial charge in [0, 0.05) is 6.42 Å². The van der Waals surface area contributed by atoms with Crippen molar-refractivity contribution in [3.8, 4) is 0 Å². The first-order chi connectivity index (χ1) is 5.16. The van der Waals surface area contributed by atoms with Gasteiger partial charge < -0.3 is 4.74 Å². The third kappa shape index (κ3) is 6.77. The molecule has 0 rings (SSSR count). The Morgan fingerprint density at radius 3 is 2.27 bits per heavy atom. The van der Waals surface area contributed by atoms with Crippen LogP contribution in [-0.4, -0.2) is 18.9 Å². The monoisotopic (exact) mass is 156 g/mol. The summed E-state index contributed by atoms with van der Waals surface area (Å²) in [5.74, 6) is -0.198. The van der Waals surface area contributed by atoms with E-state index in [0.29, 0.717) is 6.42 Å². The van der Waals surface area contributed by atoms with Crippen LogP contribution in [0.5, 0.6) is 0 Å². The van der Waals surface area contributed by atoms with Crippen molar-refractivity contribution in [2.45, 2.75) is 19.8 Å². The largest absolute Gasteiger partial charge is 0.469 e. The summed E-state index contributed by atoms with van der Waals surface area (Å²) in [6, 6.07) is 0. The van der Waals surface area contributed by atoms with Crippen LogP contribution in [-0.2, 0) is 14.3 Å². The van der Waals surface area contributed by atoms with Gasteiger partial charge in [0.2, 0.25) is 0 Å². The van der Waals surface area contributed by atoms with Gasteiger partial charge in [-0.3, -0.25) is 9.59 Å². The molecule has 0 N–H and O–H groups in total. The quantitative estimate of drug-likeness (QED) is 0.452.